The predicted octanol–water partition coefficient (Wildman–Crippen LogP) is -4.33. The van der Waals surface area contributed by atoms with E-state index in [0.29, 0.717) is 12.8 Å². The molecule has 18 N–H and O–H groups in total. The van der Waals surface area contributed by atoms with Crippen molar-refractivity contribution >= 4 is 70.9 Å². The fourth-order valence-corrected chi connectivity index (χ4v) is 7.96. The van der Waals surface area contributed by atoms with Crippen molar-refractivity contribution in [1.29, 1.82) is 0 Å². The number of imidazole rings is 1. The lowest BCUT2D eigenvalue weighted by atomic mass is 9.98. The Bertz CT molecular complexity index is 2170. The number of nitrogens with one attached hydrogen (secondary N) is 8. The normalized spacial score (nSPS) is 17.3. The van der Waals surface area contributed by atoms with Crippen molar-refractivity contribution in [3.8, 4) is 0 Å². The molecule has 28 heteroatoms. The zero-order chi connectivity index (χ0) is 56.9. The SMILES string of the molecule is CC[C@H](C)[C@H](N)C(=O)N1CCC[C@H]1C(=O)N[C@@H](CCC(N)=O)C(=O)N[C@@H](CCC(N)=O)C(=O)N[C@@H](Cc1cnc[nH]1)C(=O)N[C@H](C(=O)N[C@@H](CCC(N)=O)C(=O)N[C@H](C(=O)N[C@@H](CC(C)C)C(=O)O)C(C)C)[C@@H](C)O. The van der Waals surface area contributed by atoms with Gasteiger partial charge in [-0.15, -0.1) is 0 Å². The number of carboxylic acid groups (broad SMARTS) is 1. The molecule has 0 spiro atoms. The van der Waals surface area contributed by atoms with Crippen LogP contribution in [0.15, 0.2) is 12.5 Å². The molecule has 0 radical (unpaired) electrons. The number of hydrogen-bond donors (Lipinski definition) is 14. The van der Waals surface area contributed by atoms with Crippen LogP contribution in [-0.4, -0.2) is 163 Å². The van der Waals surface area contributed by atoms with Crippen molar-refractivity contribution in [2.24, 2.45) is 40.7 Å². The van der Waals surface area contributed by atoms with Crippen molar-refractivity contribution < 1.29 is 67.7 Å². The first-order chi connectivity index (χ1) is 35.1. The number of amides is 11. The molecule has 28 nitrogen and oxygen atoms in total. The van der Waals surface area contributed by atoms with Gasteiger partial charge in [0.2, 0.25) is 65.0 Å². The number of rotatable bonds is 33. The van der Waals surface area contributed by atoms with Crippen molar-refractivity contribution in [2.75, 3.05) is 6.54 Å². The number of H-pyrrole nitrogens is 1. The van der Waals surface area contributed by atoms with Gasteiger partial charge in [0, 0.05) is 44.1 Å². The molecule has 1 fully saturated rings. The third kappa shape index (κ3) is 21.3. The second kappa shape index (κ2) is 30.8. The van der Waals surface area contributed by atoms with E-state index in [0.717, 1.165) is 6.92 Å². The van der Waals surface area contributed by atoms with Gasteiger partial charge in [0.05, 0.1) is 18.5 Å². The molecule has 420 valence electrons. The molecule has 0 unspecified atom stereocenters. The van der Waals surface area contributed by atoms with Crippen molar-refractivity contribution in [2.45, 2.75) is 180 Å². The summed E-state index contributed by atoms with van der Waals surface area (Å²) in [6.45, 7) is 11.6. The smallest absolute Gasteiger partial charge is 0.326 e. The zero-order valence-corrected chi connectivity index (χ0v) is 43.6. The van der Waals surface area contributed by atoms with E-state index in [1.54, 1.807) is 34.6 Å². The lowest BCUT2D eigenvalue weighted by Crippen LogP contribution is -2.62. The van der Waals surface area contributed by atoms with Crippen molar-refractivity contribution in [3.63, 3.8) is 0 Å². The van der Waals surface area contributed by atoms with Gasteiger partial charge in [-0.05, 0) is 63.2 Å². The summed E-state index contributed by atoms with van der Waals surface area (Å²) in [7, 11) is 0. The lowest BCUT2D eigenvalue weighted by Gasteiger charge is -2.30. The van der Waals surface area contributed by atoms with Gasteiger partial charge in [-0.3, -0.25) is 52.7 Å². The highest BCUT2D eigenvalue weighted by molar-refractivity contribution is 5.99. The highest BCUT2D eigenvalue weighted by Crippen LogP contribution is 2.21. The van der Waals surface area contributed by atoms with E-state index in [1.807, 2.05) is 6.92 Å². The van der Waals surface area contributed by atoms with Crippen LogP contribution in [0.25, 0.3) is 0 Å². The zero-order valence-electron chi connectivity index (χ0n) is 43.6. The van der Waals surface area contributed by atoms with Crippen LogP contribution >= 0.6 is 0 Å². The largest absolute Gasteiger partial charge is 0.480 e. The van der Waals surface area contributed by atoms with Gasteiger partial charge in [0.15, 0.2) is 0 Å². The average Bonchev–Trinajstić information content (AvgIpc) is 4.05. The first-order valence-electron chi connectivity index (χ1n) is 25.0. The standard InChI is InChI=1S/C47H78N14O14/c1-8-24(6)36(51)46(73)61-17-9-10-32(61)43(70)55-28(12-15-34(49)64)39(66)54-27(11-14-33(48)63)40(67)57-30(19-26-20-52-21-53-26)42(69)60-38(25(7)62)45(72)56-29(13-16-35(50)65)41(68)59-37(23(4)5)44(71)58-31(47(74)75)18-22(2)3/h20-25,27-32,36-38,62H,8-19,51H2,1-7H3,(H2,48,63)(H2,49,64)(H2,50,65)(H,52,53)(H,54,66)(H,55,70)(H,56,72)(H,57,67)(H,58,71)(H,59,68)(H,60,69)(H,74,75)/t24-,25+,27-,28-,29-,30-,31-,32-,36-,37-,38-/m0/s1. The second-order valence-corrected chi connectivity index (χ2v) is 19.6. The van der Waals surface area contributed by atoms with E-state index >= 15 is 0 Å². The summed E-state index contributed by atoms with van der Waals surface area (Å²) in [5.74, 6) is -12.3. The molecule has 1 aromatic rings. The first kappa shape index (κ1) is 63.9. The fourth-order valence-electron chi connectivity index (χ4n) is 7.96. The number of carbonyl (C=O) groups excluding carboxylic acids is 11. The third-order valence-electron chi connectivity index (χ3n) is 12.6. The third-order valence-corrected chi connectivity index (χ3v) is 12.6. The van der Waals surface area contributed by atoms with Gasteiger partial charge in [-0.2, -0.15) is 0 Å². The maximum absolute atomic E-state index is 14.2. The number of nitrogens with two attached hydrogens (primary N) is 4. The van der Waals surface area contributed by atoms with E-state index in [2.05, 4.69) is 47.2 Å². The maximum atomic E-state index is 14.2. The number of aliphatic hydroxyl groups excluding tert-OH is 1. The van der Waals surface area contributed by atoms with Crippen LogP contribution in [0.3, 0.4) is 0 Å². The van der Waals surface area contributed by atoms with E-state index < -0.39 is 169 Å². The molecule has 2 heterocycles. The number of nitrogens with zero attached hydrogens (tertiary/aromatic N) is 2. The minimum absolute atomic E-state index is 0.0736. The van der Waals surface area contributed by atoms with Crippen LogP contribution in [0.1, 0.15) is 118 Å². The Kier molecular flexibility index (Phi) is 26.3. The van der Waals surface area contributed by atoms with Crippen LogP contribution in [0.4, 0.5) is 0 Å². The molecule has 0 bridgehead atoms. The molecule has 11 atom stereocenters. The number of aromatic amines is 1. The highest BCUT2D eigenvalue weighted by atomic mass is 16.4. The molecule has 1 aromatic heterocycles. The number of hydrogen-bond acceptors (Lipinski definition) is 15. The lowest BCUT2D eigenvalue weighted by molar-refractivity contribution is -0.143. The minimum Gasteiger partial charge on any atom is -0.480 e. The number of aliphatic hydroxyl groups is 1. The number of aliphatic carboxylic acids is 1. The monoisotopic (exact) mass is 1060 g/mol. The first-order valence-corrected chi connectivity index (χ1v) is 25.0. The molecule has 11 amide bonds. The number of primary amides is 3. The molecule has 2 rings (SSSR count). The summed E-state index contributed by atoms with van der Waals surface area (Å²) in [6.07, 6.45) is -0.749. The second-order valence-electron chi connectivity index (χ2n) is 19.6. The Morgan fingerprint density at radius 2 is 1.12 bits per heavy atom. The maximum Gasteiger partial charge on any atom is 0.326 e. The molecule has 1 saturated heterocycles. The molecule has 1 aliphatic heterocycles. The van der Waals surface area contributed by atoms with Crippen molar-refractivity contribution in [3.05, 3.63) is 18.2 Å². The number of carboxylic acids is 1. The van der Waals surface area contributed by atoms with Crippen LogP contribution < -0.4 is 60.2 Å². The van der Waals surface area contributed by atoms with E-state index in [9.17, 15) is 67.7 Å². The number of likely N-dealkylation sites (tertiary alicyclic amines) is 1. The Morgan fingerprint density at radius 1 is 0.667 bits per heavy atom. The van der Waals surface area contributed by atoms with E-state index in [1.165, 1.54) is 17.4 Å². The molecule has 0 aromatic carbocycles. The quantitative estimate of drug-likeness (QED) is 0.0317. The van der Waals surface area contributed by atoms with Gasteiger partial charge in [0.25, 0.3) is 0 Å². The topological polar surface area (TPSA) is 466 Å². The Morgan fingerprint density at radius 3 is 1.57 bits per heavy atom. The predicted molar refractivity (Wildman–Crippen MR) is 267 cm³/mol. The Hall–Kier alpha value is -7.23. The molecular formula is C47H78N14O14. The highest BCUT2D eigenvalue weighted by Gasteiger charge is 2.40. The minimum atomic E-state index is -1.88. The summed E-state index contributed by atoms with van der Waals surface area (Å²) < 4.78 is 0. The van der Waals surface area contributed by atoms with Crippen LogP contribution in [0, 0.1) is 17.8 Å². The van der Waals surface area contributed by atoms with Gasteiger partial charge < -0.3 is 80.2 Å². The number of carbonyl (C=O) groups is 12. The summed E-state index contributed by atoms with van der Waals surface area (Å²) >= 11 is 0. The molecule has 0 aliphatic carbocycles. The molecule has 0 saturated carbocycles. The van der Waals surface area contributed by atoms with Gasteiger partial charge >= 0.3 is 5.97 Å². The van der Waals surface area contributed by atoms with Crippen LogP contribution in [0.5, 0.6) is 0 Å². The summed E-state index contributed by atoms with van der Waals surface area (Å²) in [4.78, 5) is 166. The van der Waals surface area contributed by atoms with Crippen molar-refractivity contribution in [1.82, 2.24) is 52.1 Å². The molecule has 75 heavy (non-hydrogen) atoms. The van der Waals surface area contributed by atoms with Crippen LogP contribution in [0.2, 0.25) is 0 Å². The van der Waals surface area contributed by atoms with Gasteiger partial charge in [-0.1, -0.05) is 48.0 Å². The molecular weight excluding hydrogens is 985 g/mol. The summed E-state index contributed by atoms with van der Waals surface area (Å²) in [5, 5.41) is 37.6. The van der Waals surface area contributed by atoms with Gasteiger partial charge in [0.1, 0.15) is 48.3 Å². The molecule has 1 aliphatic rings. The van der Waals surface area contributed by atoms with E-state index in [4.69, 9.17) is 22.9 Å². The van der Waals surface area contributed by atoms with Gasteiger partial charge in [-0.25, -0.2) is 9.78 Å². The fraction of sp³-hybridized carbons (Fsp3) is 0.681. The Labute approximate surface area is 434 Å². The number of aromatic nitrogens is 2. The Balaban J connectivity index is 2.44. The summed E-state index contributed by atoms with van der Waals surface area (Å²) in [5.41, 5.74) is 22.6. The van der Waals surface area contributed by atoms with E-state index in [-0.39, 0.29) is 49.8 Å². The van der Waals surface area contributed by atoms with Crippen LogP contribution in [-0.2, 0) is 64.0 Å². The average molecular weight is 1060 g/mol. The summed E-state index contributed by atoms with van der Waals surface area (Å²) in [6, 6.07) is -12.9.